The summed E-state index contributed by atoms with van der Waals surface area (Å²) >= 11 is 5.43. The minimum atomic E-state index is 0.742. The van der Waals surface area contributed by atoms with Crippen molar-refractivity contribution in [2.75, 3.05) is 13.1 Å². The highest BCUT2D eigenvalue weighted by atomic mass is 79.9. The van der Waals surface area contributed by atoms with Crippen LogP contribution < -0.4 is 5.32 Å². The number of nitrogens with one attached hydrogen (secondary N) is 1. The van der Waals surface area contributed by atoms with E-state index >= 15 is 0 Å². The Labute approximate surface area is 108 Å². The molecule has 0 unspecified atom stereocenters. The molecule has 1 aliphatic rings. The molecule has 0 spiro atoms. The zero-order valence-corrected chi connectivity index (χ0v) is 11.1. The van der Waals surface area contributed by atoms with Gasteiger partial charge in [-0.1, -0.05) is 28.1 Å². The Balaban J connectivity index is 1.91. The summed E-state index contributed by atoms with van der Waals surface area (Å²) in [6.07, 6.45) is 0. The first-order valence-corrected chi connectivity index (χ1v) is 7.00. The summed E-state index contributed by atoms with van der Waals surface area (Å²) in [4.78, 5) is 2.87. The first-order valence-electron chi connectivity index (χ1n) is 5.39. The van der Waals surface area contributed by atoms with Gasteiger partial charge in [-0.25, -0.2) is 0 Å². The maximum absolute atomic E-state index is 3.51. The van der Waals surface area contributed by atoms with Crippen LogP contribution in [0.25, 0.3) is 10.4 Å². The summed E-state index contributed by atoms with van der Waals surface area (Å²) in [6.45, 7) is 2.27. The Morgan fingerprint density at radius 2 is 2.06 bits per heavy atom. The van der Waals surface area contributed by atoms with Crippen molar-refractivity contribution in [3.63, 3.8) is 0 Å². The second-order valence-corrected chi connectivity index (χ2v) is 6.10. The van der Waals surface area contributed by atoms with Crippen molar-refractivity contribution in [3.05, 3.63) is 45.7 Å². The van der Waals surface area contributed by atoms with Gasteiger partial charge in [-0.3, -0.25) is 0 Å². The van der Waals surface area contributed by atoms with Gasteiger partial charge in [0.05, 0.1) is 0 Å². The molecule has 1 nitrogen and oxygen atoms in total. The topological polar surface area (TPSA) is 12.0 Å². The van der Waals surface area contributed by atoms with Crippen LogP contribution in [0, 0.1) is 0 Å². The minimum absolute atomic E-state index is 0.742. The Morgan fingerprint density at radius 1 is 1.19 bits per heavy atom. The predicted molar refractivity (Wildman–Crippen MR) is 73.1 cm³/mol. The van der Waals surface area contributed by atoms with Gasteiger partial charge in [-0.15, -0.1) is 11.3 Å². The first-order chi connectivity index (χ1) is 7.83. The van der Waals surface area contributed by atoms with Gasteiger partial charge in [0.2, 0.25) is 0 Å². The number of benzene rings is 1. The van der Waals surface area contributed by atoms with E-state index < -0.39 is 0 Å². The van der Waals surface area contributed by atoms with Crippen LogP contribution in [-0.4, -0.2) is 13.1 Å². The van der Waals surface area contributed by atoms with E-state index in [1.165, 1.54) is 15.3 Å². The molecule has 3 rings (SSSR count). The second kappa shape index (κ2) is 4.32. The maximum atomic E-state index is 3.51. The van der Waals surface area contributed by atoms with E-state index in [9.17, 15) is 0 Å². The summed E-state index contributed by atoms with van der Waals surface area (Å²) in [5, 5.41) is 3.32. The quantitative estimate of drug-likeness (QED) is 0.886. The van der Waals surface area contributed by atoms with E-state index in [0.717, 1.165) is 23.5 Å². The van der Waals surface area contributed by atoms with Crippen molar-refractivity contribution in [1.29, 1.82) is 0 Å². The van der Waals surface area contributed by atoms with E-state index in [0.29, 0.717) is 0 Å². The van der Waals surface area contributed by atoms with Crippen LogP contribution in [0.2, 0.25) is 0 Å². The molecule has 0 bridgehead atoms. The van der Waals surface area contributed by atoms with Crippen molar-refractivity contribution in [1.82, 2.24) is 5.32 Å². The zero-order valence-electron chi connectivity index (χ0n) is 8.74. The molecule has 16 heavy (non-hydrogen) atoms. The van der Waals surface area contributed by atoms with E-state index in [2.05, 4.69) is 57.6 Å². The van der Waals surface area contributed by atoms with Gasteiger partial charge in [0.25, 0.3) is 0 Å². The van der Waals surface area contributed by atoms with Gasteiger partial charge in [-0.2, -0.15) is 0 Å². The molecule has 2 heterocycles. The normalized spacial score (nSPS) is 16.1. The second-order valence-electron chi connectivity index (χ2n) is 4.07. The molecule has 1 aromatic heterocycles. The third-order valence-electron chi connectivity index (χ3n) is 2.92. The van der Waals surface area contributed by atoms with Crippen LogP contribution in [0.3, 0.4) is 0 Å². The summed E-state index contributed by atoms with van der Waals surface area (Å²) in [6, 6.07) is 13.0. The van der Waals surface area contributed by atoms with Crippen LogP contribution >= 0.6 is 27.3 Å². The van der Waals surface area contributed by atoms with Crippen molar-refractivity contribution in [2.24, 2.45) is 0 Å². The molecule has 1 aliphatic heterocycles. The van der Waals surface area contributed by atoms with Crippen LogP contribution in [0.5, 0.6) is 0 Å². The molecular formula is C13H12BrNS. The lowest BCUT2D eigenvalue weighted by atomic mass is 10.0. The van der Waals surface area contributed by atoms with Gasteiger partial charge >= 0.3 is 0 Å². The standard InChI is InChI=1S/C13H12BrNS/c14-11-3-1-2-9(6-11)12-4-5-13(16-12)10-7-15-8-10/h1-6,10,15H,7-8H2. The average Bonchev–Trinajstić information content (AvgIpc) is 2.64. The lowest BCUT2D eigenvalue weighted by Gasteiger charge is -2.25. The molecule has 1 saturated heterocycles. The van der Waals surface area contributed by atoms with Crippen LogP contribution in [0.15, 0.2) is 40.9 Å². The van der Waals surface area contributed by atoms with Gasteiger partial charge in [0.1, 0.15) is 0 Å². The van der Waals surface area contributed by atoms with Crippen molar-refractivity contribution < 1.29 is 0 Å². The summed E-state index contributed by atoms with van der Waals surface area (Å²) in [5.74, 6) is 0.742. The fourth-order valence-corrected chi connectivity index (χ4v) is 3.36. The maximum Gasteiger partial charge on any atom is 0.0346 e. The summed E-state index contributed by atoms with van der Waals surface area (Å²) in [5.41, 5.74) is 1.30. The zero-order chi connectivity index (χ0) is 11.0. The molecule has 82 valence electrons. The average molecular weight is 294 g/mol. The smallest absolute Gasteiger partial charge is 0.0346 e. The van der Waals surface area contributed by atoms with E-state index in [-0.39, 0.29) is 0 Å². The van der Waals surface area contributed by atoms with Gasteiger partial charge in [-0.05, 0) is 29.8 Å². The number of thiophene rings is 1. The van der Waals surface area contributed by atoms with Gasteiger partial charge in [0.15, 0.2) is 0 Å². The van der Waals surface area contributed by atoms with E-state index in [1.807, 2.05) is 11.3 Å². The molecule has 0 saturated carbocycles. The van der Waals surface area contributed by atoms with E-state index in [4.69, 9.17) is 0 Å². The Kier molecular flexibility index (Phi) is 2.84. The first kappa shape index (κ1) is 10.5. The number of hydrogen-bond acceptors (Lipinski definition) is 2. The molecule has 0 aliphatic carbocycles. The van der Waals surface area contributed by atoms with Crippen LogP contribution in [0.4, 0.5) is 0 Å². The molecule has 1 N–H and O–H groups in total. The predicted octanol–water partition coefficient (Wildman–Crippen LogP) is 3.86. The van der Waals surface area contributed by atoms with Gasteiger partial charge < -0.3 is 5.32 Å². The highest BCUT2D eigenvalue weighted by molar-refractivity contribution is 9.10. The van der Waals surface area contributed by atoms with Crippen LogP contribution in [0.1, 0.15) is 10.8 Å². The molecule has 1 aromatic carbocycles. The molecule has 0 amide bonds. The monoisotopic (exact) mass is 293 g/mol. The minimum Gasteiger partial charge on any atom is -0.315 e. The van der Waals surface area contributed by atoms with Crippen LogP contribution in [-0.2, 0) is 0 Å². The summed E-state index contributed by atoms with van der Waals surface area (Å²) in [7, 11) is 0. The third-order valence-corrected chi connectivity index (χ3v) is 4.71. The highest BCUT2D eigenvalue weighted by Gasteiger charge is 2.20. The number of rotatable bonds is 2. The largest absolute Gasteiger partial charge is 0.315 e. The SMILES string of the molecule is Brc1cccc(-c2ccc(C3CNC3)s2)c1. The van der Waals surface area contributed by atoms with Crippen molar-refractivity contribution >= 4 is 27.3 Å². The highest BCUT2D eigenvalue weighted by Crippen LogP contribution is 2.34. The number of halogens is 1. The number of hydrogen-bond donors (Lipinski definition) is 1. The summed E-state index contributed by atoms with van der Waals surface area (Å²) < 4.78 is 1.14. The van der Waals surface area contributed by atoms with Gasteiger partial charge in [0, 0.05) is 33.2 Å². The van der Waals surface area contributed by atoms with Crippen molar-refractivity contribution in [2.45, 2.75) is 5.92 Å². The molecular weight excluding hydrogens is 282 g/mol. The molecule has 2 aromatic rings. The fraction of sp³-hybridized carbons (Fsp3) is 0.231. The van der Waals surface area contributed by atoms with E-state index in [1.54, 1.807) is 0 Å². The Bertz CT molecular complexity index is 502. The lowest BCUT2D eigenvalue weighted by molar-refractivity contribution is 0.454. The molecule has 0 atom stereocenters. The third kappa shape index (κ3) is 1.95. The Morgan fingerprint density at radius 3 is 2.75 bits per heavy atom. The molecule has 0 radical (unpaired) electrons. The van der Waals surface area contributed by atoms with Crippen molar-refractivity contribution in [3.8, 4) is 10.4 Å². The molecule has 1 fully saturated rings. The Hall–Kier alpha value is -0.640. The fourth-order valence-electron chi connectivity index (χ4n) is 1.86. The lowest BCUT2D eigenvalue weighted by Crippen LogP contribution is -2.39. The molecule has 3 heteroatoms.